The van der Waals surface area contributed by atoms with Gasteiger partial charge < -0.3 is 14.9 Å². The Balaban J connectivity index is 1.85. The summed E-state index contributed by atoms with van der Waals surface area (Å²) in [5.41, 5.74) is 0.564. The van der Waals surface area contributed by atoms with E-state index < -0.39 is 5.97 Å². The average molecular weight is 308 g/mol. The highest BCUT2D eigenvalue weighted by Gasteiger charge is 2.24. The van der Waals surface area contributed by atoms with Crippen LogP contribution < -0.4 is 4.90 Å². The second-order valence-electron chi connectivity index (χ2n) is 5.73. The Morgan fingerprint density at radius 2 is 1.82 bits per heavy atom. The molecule has 1 aromatic carbocycles. The Labute approximate surface area is 129 Å². The van der Waals surface area contributed by atoms with Crippen LogP contribution in [0.2, 0.25) is 0 Å². The number of hydrogen-bond donors (Lipinski definition) is 1. The highest BCUT2D eigenvalue weighted by atomic mass is 19.1. The zero-order valence-corrected chi connectivity index (χ0v) is 12.7. The highest BCUT2D eigenvalue weighted by molar-refractivity contribution is 5.77. The maximum Gasteiger partial charge on any atom is 0.303 e. The number of hydrogen-bond acceptors (Lipinski definition) is 3. The number of anilines is 1. The summed E-state index contributed by atoms with van der Waals surface area (Å²) in [6, 6.07) is 6.62. The quantitative estimate of drug-likeness (QED) is 0.903. The molecule has 1 N–H and O–H groups in total. The molecule has 5 nitrogen and oxygen atoms in total. The van der Waals surface area contributed by atoms with Crippen molar-refractivity contribution < 1.29 is 19.1 Å². The fourth-order valence-electron chi connectivity index (χ4n) is 2.70. The predicted molar refractivity (Wildman–Crippen MR) is 81.2 cm³/mol. The normalized spacial score (nSPS) is 16.5. The van der Waals surface area contributed by atoms with Crippen LogP contribution in [0.3, 0.4) is 0 Å². The van der Waals surface area contributed by atoms with Gasteiger partial charge in [-0.3, -0.25) is 9.59 Å². The van der Waals surface area contributed by atoms with Gasteiger partial charge in [0.05, 0.1) is 5.69 Å². The Bertz CT molecular complexity index is 542. The molecule has 22 heavy (non-hydrogen) atoms. The first-order valence-corrected chi connectivity index (χ1v) is 7.46. The minimum Gasteiger partial charge on any atom is -0.481 e. The number of piperazine rings is 1. The zero-order valence-electron chi connectivity index (χ0n) is 12.7. The van der Waals surface area contributed by atoms with E-state index in [0.717, 1.165) is 0 Å². The van der Waals surface area contributed by atoms with Crippen LogP contribution in [0.5, 0.6) is 0 Å². The van der Waals surface area contributed by atoms with E-state index in [2.05, 4.69) is 0 Å². The standard InChI is InChI=1S/C16H21FN2O3/c1-12(11-16(21)22)10-15(20)19-8-6-18(7-9-19)14-5-3-2-4-13(14)17/h2-5,12H,6-11H2,1H3,(H,21,22)/t12-/m1/s1. The molecule has 1 aliphatic rings. The van der Waals surface area contributed by atoms with E-state index in [9.17, 15) is 14.0 Å². The number of aliphatic carboxylic acids is 1. The van der Waals surface area contributed by atoms with Crippen LogP contribution in [0, 0.1) is 11.7 Å². The molecular weight excluding hydrogens is 287 g/mol. The van der Waals surface area contributed by atoms with Crippen LogP contribution in [0.15, 0.2) is 24.3 Å². The number of carbonyl (C=O) groups excluding carboxylic acids is 1. The fraction of sp³-hybridized carbons (Fsp3) is 0.500. The van der Waals surface area contributed by atoms with E-state index >= 15 is 0 Å². The second-order valence-corrected chi connectivity index (χ2v) is 5.73. The summed E-state index contributed by atoms with van der Waals surface area (Å²) in [6.07, 6.45) is 0.243. The summed E-state index contributed by atoms with van der Waals surface area (Å²) in [5, 5.41) is 8.73. The number of amides is 1. The summed E-state index contributed by atoms with van der Waals surface area (Å²) in [7, 11) is 0. The van der Waals surface area contributed by atoms with Gasteiger partial charge in [0.2, 0.25) is 5.91 Å². The van der Waals surface area contributed by atoms with Gasteiger partial charge in [0, 0.05) is 39.0 Å². The maximum absolute atomic E-state index is 13.7. The Morgan fingerprint density at radius 3 is 2.41 bits per heavy atom. The van der Waals surface area contributed by atoms with Crippen molar-refractivity contribution in [1.82, 2.24) is 4.90 Å². The van der Waals surface area contributed by atoms with Crippen molar-refractivity contribution in [2.24, 2.45) is 5.92 Å². The highest BCUT2D eigenvalue weighted by Crippen LogP contribution is 2.20. The van der Waals surface area contributed by atoms with E-state index in [1.54, 1.807) is 30.0 Å². The van der Waals surface area contributed by atoms with Gasteiger partial charge in [-0.05, 0) is 18.1 Å². The Kier molecular flexibility index (Phi) is 5.35. The molecule has 0 aliphatic carbocycles. The number of benzene rings is 1. The topological polar surface area (TPSA) is 60.9 Å². The van der Waals surface area contributed by atoms with Crippen LogP contribution in [-0.2, 0) is 9.59 Å². The first-order chi connectivity index (χ1) is 10.5. The van der Waals surface area contributed by atoms with Crippen LogP contribution in [0.25, 0.3) is 0 Å². The third-order valence-electron chi connectivity index (χ3n) is 3.87. The van der Waals surface area contributed by atoms with E-state index in [4.69, 9.17) is 5.11 Å². The van der Waals surface area contributed by atoms with Crippen molar-refractivity contribution in [3.05, 3.63) is 30.1 Å². The molecule has 0 bridgehead atoms. The molecule has 1 fully saturated rings. The summed E-state index contributed by atoms with van der Waals surface area (Å²) < 4.78 is 13.7. The van der Waals surface area contributed by atoms with E-state index in [-0.39, 0.29) is 30.5 Å². The maximum atomic E-state index is 13.7. The molecule has 1 aromatic rings. The van der Waals surface area contributed by atoms with Crippen molar-refractivity contribution in [2.45, 2.75) is 19.8 Å². The number of carbonyl (C=O) groups is 2. The summed E-state index contributed by atoms with van der Waals surface area (Å²) in [5.74, 6) is -1.33. The third kappa shape index (κ3) is 4.19. The number of para-hydroxylation sites is 1. The monoisotopic (exact) mass is 308 g/mol. The number of rotatable bonds is 5. The summed E-state index contributed by atoms with van der Waals surface area (Å²) in [6.45, 7) is 4.00. The van der Waals surface area contributed by atoms with Crippen LogP contribution in [0.1, 0.15) is 19.8 Å². The Hall–Kier alpha value is -2.11. The molecule has 1 amide bonds. The smallest absolute Gasteiger partial charge is 0.303 e. The van der Waals surface area contributed by atoms with Crippen molar-refractivity contribution in [3.8, 4) is 0 Å². The molecule has 1 atom stereocenters. The molecule has 0 spiro atoms. The molecule has 0 radical (unpaired) electrons. The molecule has 2 rings (SSSR count). The lowest BCUT2D eigenvalue weighted by Gasteiger charge is -2.36. The van der Waals surface area contributed by atoms with E-state index in [1.165, 1.54) is 6.07 Å². The zero-order chi connectivity index (χ0) is 16.1. The molecule has 1 heterocycles. The largest absolute Gasteiger partial charge is 0.481 e. The van der Waals surface area contributed by atoms with Gasteiger partial charge in [0.15, 0.2) is 0 Å². The van der Waals surface area contributed by atoms with Gasteiger partial charge in [0.25, 0.3) is 0 Å². The number of carboxylic acid groups (broad SMARTS) is 1. The Morgan fingerprint density at radius 1 is 1.18 bits per heavy atom. The second kappa shape index (κ2) is 7.24. The van der Waals surface area contributed by atoms with Gasteiger partial charge in [-0.25, -0.2) is 4.39 Å². The predicted octanol–water partition coefficient (Wildman–Crippen LogP) is 1.98. The first-order valence-electron chi connectivity index (χ1n) is 7.46. The minimum atomic E-state index is -0.885. The third-order valence-corrected chi connectivity index (χ3v) is 3.87. The number of halogens is 1. The number of carboxylic acids is 1. The van der Waals surface area contributed by atoms with E-state index in [1.807, 2.05) is 4.90 Å². The molecule has 0 aromatic heterocycles. The molecular formula is C16H21FN2O3. The first kappa shape index (κ1) is 16.3. The van der Waals surface area contributed by atoms with Crippen LogP contribution in [-0.4, -0.2) is 48.1 Å². The molecule has 1 saturated heterocycles. The average Bonchev–Trinajstić information content (AvgIpc) is 2.47. The molecule has 120 valence electrons. The summed E-state index contributed by atoms with van der Waals surface area (Å²) in [4.78, 5) is 26.4. The van der Waals surface area contributed by atoms with Crippen molar-refractivity contribution in [2.75, 3.05) is 31.1 Å². The van der Waals surface area contributed by atoms with Crippen molar-refractivity contribution in [3.63, 3.8) is 0 Å². The molecule has 0 unspecified atom stereocenters. The van der Waals surface area contributed by atoms with Crippen LogP contribution >= 0.6 is 0 Å². The van der Waals surface area contributed by atoms with Gasteiger partial charge in [0.1, 0.15) is 5.82 Å². The van der Waals surface area contributed by atoms with Gasteiger partial charge >= 0.3 is 5.97 Å². The molecule has 1 aliphatic heterocycles. The number of nitrogens with zero attached hydrogens (tertiary/aromatic N) is 2. The fourth-order valence-corrected chi connectivity index (χ4v) is 2.70. The minimum absolute atomic E-state index is 0.000924. The van der Waals surface area contributed by atoms with Gasteiger partial charge in [-0.15, -0.1) is 0 Å². The van der Waals surface area contributed by atoms with Crippen LogP contribution in [0.4, 0.5) is 10.1 Å². The lowest BCUT2D eigenvalue weighted by Crippen LogP contribution is -2.49. The van der Waals surface area contributed by atoms with E-state index in [0.29, 0.717) is 31.9 Å². The molecule has 6 heteroatoms. The SMILES string of the molecule is C[C@@H](CC(=O)O)CC(=O)N1CCN(c2ccccc2F)CC1. The van der Waals surface area contributed by atoms with Gasteiger partial charge in [-0.2, -0.15) is 0 Å². The lowest BCUT2D eigenvalue weighted by molar-refractivity contribution is -0.138. The van der Waals surface area contributed by atoms with Crippen molar-refractivity contribution in [1.29, 1.82) is 0 Å². The molecule has 0 saturated carbocycles. The van der Waals surface area contributed by atoms with Gasteiger partial charge in [-0.1, -0.05) is 19.1 Å². The lowest BCUT2D eigenvalue weighted by atomic mass is 10.0. The summed E-state index contributed by atoms with van der Waals surface area (Å²) >= 11 is 0. The van der Waals surface area contributed by atoms with Crippen molar-refractivity contribution >= 4 is 17.6 Å².